The Morgan fingerprint density at radius 2 is 1.83 bits per heavy atom. The fraction of sp³-hybridized carbons (Fsp3) is 0.500. The van der Waals surface area contributed by atoms with Crippen molar-refractivity contribution < 1.29 is 22.6 Å². The van der Waals surface area contributed by atoms with E-state index in [0.717, 1.165) is 18.6 Å². The minimum atomic E-state index is -4.71. The first-order valence-electron chi connectivity index (χ1n) is 5.60. The third-order valence-corrected chi connectivity index (χ3v) is 1.89. The zero-order valence-electron chi connectivity index (χ0n) is 10.5. The molecule has 0 aliphatic rings. The van der Waals surface area contributed by atoms with Crippen LogP contribution in [0.4, 0.5) is 13.2 Å². The maximum atomic E-state index is 11.9. The molecule has 6 heteroatoms. The Kier molecular flexibility index (Phi) is 7.59. The van der Waals surface area contributed by atoms with Crippen LogP contribution in [0.15, 0.2) is 18.2 Å². The van der Waals surface area contributed by atoms with Gasteiger partial charge < -0.3 is 9.47 Å². The highest BCUT2D eigenvalue weighted by Crippen LogP contribution is 2.31. The summed E-state index contributed by atoms with van der Waals surface area (Å²) < 4.78 is 44.5. The number of hydrogen-bond donors (Lipinski definition) is 0. The molecule has 0 spiro atoms. The molecule has 0 saturated carbocycles. The Labute approximate surface area is 110 Å². The average molecular weight is 285 g/mol. The predicted molar refractivity (Wildman–Crippen MR) is 65.3 cm³/mol. The van der Waals surface area contributed by atoms with Gasteiger partial charge in [0.05, 0.1) is 11.6 Å². The molecule has 0 amide bonds. The third kappa shape index (κ3) is 6.59. The molecule has 1 aromatic carbocycles. The van der Waals surface area contributed by atoms with Crippen molar-refractivity contribution in [3.05, 3.63) is 23.2 Å². The molecule has 0 fully saturated rings. The Hall–Kier alpha value is -1.10. The molecular weight excluding hydrogens is 269 g/mol. The van der Waals surface area contributed by atoms with Crippen molar-refractivity contribution in [2.24, 2.45) is 0 Å². The maximum absolute atomic E-state index is 11.9. The van der Waals surface area contributed by atoms with Crippen LogP contribution in [0.1, 0.15) is 27.2 Å². The van der Waals surface area contributed by atoms with E-state index in [9.17, 15) is 13.2 Å². The molecule has 0 aliphatic carbocycles. The normalized spacial score (nSPS) is 10.4. The van der Waals surface area contributed by atoms with Crippen molar-refractivity contribution in [2.45, 2.75) is 33.6 Å². The maximum Gasteiger partial charge on any atom is 0.573 e. The van der Waals surface area contributed by atoms with Crippen molar-refractivity contribution in [3.63, 3.8) is 0 Å². The predicted octanol–water partition coefficient (Wildman–Crippen LogP) is 5.05. The molecule has 0 aromatic heterocycles. The van der Waals surface area contributed by atoms with E-state index >= 15 is 0 Å². The van der Waals surface area contributed by atoms with Gasteiger partial charge in [0.2, 0.25) is 0 Å². The monoisotopic (exact) mass is 284 g/mol. The Balaban J connectivity index is 0.00000137. The second-order valence-electron chi connectivity index (χ2n) is 2.99. The van der Waals surface area contributed by atoms with E-state index in [1.54, 1.807) is 0 Å². The van der Waals surface area contributed by atoms with Crippen molar-refractivity contribution in [1.29, 1.82) is 0 Å². The van der Waals surface area contributed by atoms with Crippen LogP contribution in [0, 0.1) is 0 Å². The van der Waals surface area contributed by atoms with Gasteiger partial charge in [0.25, 0.3) is 0 Å². The van der Waals surface area contributed by atoms with E-state index < -0.39 is 6.36 Å². The van der Waals surface area contributed by atoms with Gasteiger partial charge in [0.1, 0.15) is 11.5 Å². The van der Waals surface area contributed by atoms with E-state index in [1.165, 1.54) is 6.07 Å². The van der Waals surface area contributed by atoms with E-state index in [0.29, 0.717) is 12.4 Å². The summed E-state index contributed by atoms with van der Waals surface area (Å²) in [5, 5.41) is 0.0928. The quantitative estimate of drug-likeness (QED) is 0.770. The highest BCUT2D eigenvalue weighted by atomic mass is 35.5. The lowest BCUT2D eigenvalue weighted by molar-refractivity contribution is -0.274. The minimum absolute atomic E-state index is 0.0928. The van der Waals surface area contributed by atoms with Gasteiger partial charge in [-0.1, -0.05) is 32.4 Å². The molecule has 1 aromatic rings. The van der Waals surface area contributed by atoms with Crippen LogP contribution in [-0.2, 0) is 0 Å². The summed E-state index contributed by atoms with van der Waals surface area (Å²) in [5.74, 6) is -0.0145. The number of hydrogen-bond acceptors (Lipinski definition) is 2. The summed E-state index contributed by atoms with van der Waals surface area (Å²) in [5.41, 5.74) is 0. The van der Waals surface area contributed by atoms with Gasteiger partial charge >= 0.3 is 6.36 Å². The highest BCUT2D eigenvalue weighted by Gasteiger charge is 2.31. The second-order valence-corrected chi connectivity index (χ2v) is 3.40. The lowest BCUT2D eigenvalue weighted by Crippen LogP contribution is -2.17. The molecule has 2 nitrogen and oxygen atoms in total. The SMILES string of the molecule is CC.CCCOc1ccc(OC(F)(F)F)cc1Cl. The summed E-state index contributed by atoms with van der Waals surface area (Å²) in [4.78, 5) is 0. The molecule has 104 valence electrons. The van der Waals surface area contributed by atoms with Crippen molar-refractivity contribution in [3.8, 4) is 11.5 Å². The van der Waals surface area contributed by atoms with E-state index in [4.69, 9.17) is 16.3 Å². The third-order valence-electron chi connectivity index (χ3n) is 1.60. The standard InChI is InChI=1S/C10H10ClF3O2.C2H6/c1-2-5-15-9-4-3-7(6-8(9)11)16-10(12,13)14;1-2/h3-4,6H,2,5H2,1H3;1-2H3. The number of ether oxygens (including phenoxy) is 2. The first-order chi connectivity index (χ1) is 8.42. The van der Waals surface area contributed by atoms with E-state index in [-0.39, 0.29) is 10.8 Å². The molecule has 0 radical (unpaired) electrons. The zero-order valence-corrected chi connectivity index (χ0v) is 11.2. The van der Waals surface area contributed by atoms with Gasteiger partial charge in [0.15, 0.2) is 0 Å². The lowest BCUT2D eigenvalue weighted by Gasteiger charge is -2.11. The Morgan fingerprint density at radius 3 is 2.28 bits per heavy atom. The lowest BCUT2D eigenvalue weighted by atomic mass is 10.3. The molecule has 0 atom stereocenters. The van der Waals surface area contributed by atoms with Crippen LogP contribution in [0.5, 0.6) is 11.5 Å². The molecule has 18 heavy (non-hydrogen) atoms. The zero-order chi connectivity index (χ0) is 14.2. The van der Waals surface area contributed by atoms with Crippen molar-refractivity contribution >= 4 is 11.6 Å². The first-order valence-corrected chi connectivity index (χ1v) is 5.98. The Bertz CT molecular complexity index is 354. The summed E-state index contributed by atoms with van der Waals surface area (Å²) in [6.07, 6.45) is -3.92. The van der Waals surface area contributed by atoms with Gasteiger partial charge in [-0.25, -0.2) is 0 Å². The molecule has 0 heterocycles. The highest BCUT2D eigenvalue weighted by molar-refractivity contribution is 6.32. The molecule has 0 aliphatic heterocycles. The number of rotatable bonds is 4. The molecule has 1 rings (SSSR count). The average Bonchev–Trinajstić information content (AvgIpc) is 2.28. The smallest absolute Gasteiger partial charge is 0.492 e. The Morgan fingerprint density at radius 1 is 1.22 bits per heavy atom. The van der Waals surface area contributed by atoms with Crippen LogP contribution in [0.2, 0.25) is 5.02 Å². The molecule has 0 saturated heterocycles. The van der Waals surface area contributed by atoms with E-state index in [1.807, 2.05) is 20.8 Å². The first kappa shape index (κ1) is 16.9. The summed E-state index contributed by atoms with van der Waals surface area (Å²) in [6, 6.07) is 3.57. The van der Waals surface area contributed by atoms with Gasteiger partial charge in [-0.15, -0.1) is 13.2 Å². The minimum Gasteiger partial charge on any atom is -0.492 e. The molecular formula is C12H16ClF3O2. The van der Waals surface area contributed by atoms with Crippen molar-refractivity contribution in [2.75, 3.05) is 6.61 Å². The number of benzene rings is 1. The van der Waals surface area contributed by atoms with Gasteiger partial charge in [-0.3, -0.25) is 0 Å². The largest absolute Gasteiger partial charge is 0.573 e. The summed E-state index contributed by atoms with van der Waals surface area (Å²) >= 11 is 5.72. The van der Waals surface area contributed by atoms with Crippen LogP contribution in [0.25, 0.3) is 0 Å². The summed E-state index contributed by atoms with van der Waals surface area (Å²) in [6.45, 7) is 6.37. The van der Waals surface area contributed by atoms with Gasteiger partial charge in [0, 0.05) is 6.07 Å². The summed E-state index contributed by atoms with van der Waals surface area (Å²) in [7, 11) is 0. The van der Waals surface area contributed by atoms with Crippen LogP contribution in [-0.4, -0.2) is 13.0 Å². The van der Waals surface area contributed by atoms with Crippen LogP contribution < -0.4 is 9.47 Å². The van der Waals surface area contributed by atoms with Gasteiger partial charge in [-0.05, 0) is 18.6 Å². The number of halogens is 4. The number of alkyl halides is 3. The molecule has 0 unspecified atom stereocenters. The fourth-order valence-corrected chi connectivity index (χ4v) is 1.23. The molecule has 0 N–H and O–H groups in total. The van der Waals surface area contributed by atoms with Crippen LogP contribution in [0.3, 0.4) is 0 Å². The van der Waals surface area contributed by atoms with Crippen molar-refractivity contribution in [1.82, 2.24) is 0 Å². The van der Waals surface area contributed by atoms with Crippen LogP contribution >= 0.6 is 11.6 Å². The molecule has 0 bridgehead atoms. The van der Waals surface area contributed by atoms with Gasteiger partial charge in [-0.2, -0.15) is 0 Å². The topological polar surface area (TPSA) is 18.5 Å². The fourth-order valence-electron chi connectivity index (χ4n) is 1.01. The second kappa shape index (κ2) is 8.08. The van der Waals surface area contributed by atoms with E-state index in [2.05, 4.69) is 4.74 Å².